The minimum atomic E-state index is -1.33. The topological polar surface area (TPSA) is 42.0 Å². The quantitative estimate of drug-likeness (QED) is 0.424. The number of nitrogens with zero attached hydrogens (tertiary/aromatic N) is 1. The van der Waals surface area contributed by atoms with Gasteiger partial charge in [-0.2, -0.15) is 0 Å². The first-order chi connectivity index (χ1) is 14.9. The summed E-state index contributed by atoms with van der Waals surface area (Å²) in [5.74, 6) is -1.03. The van der Waals surface area contributed by atoms with Crippen molar-refractivity contribution in [2.24, 2.45) is 5.41 Å². The Morgan fingerprint density at radius 3 is 2.28 bits per heavy atom. The first-order valence-corrected chi connectivity index (χ1v) is 12.5. The molecule has 0 radical (unpaired) electrons. The molecule has 0 spiro atoms. The fourth-order valence-corrected chi connectivity index (χ4v) is 5.38. The van der Waals surface area contributed by atoms with Crippen molar-refractivity contribution in [1.82, 2.24) is 9.71 Å². The Bertz CT molecular complexity index is 1100. The zero-order valence-electron chi connectivity index (χ0n) is 19.3. The molecule has 7 heteroatoms. The molecule has 0 saturated heterocycles. The average Bonchev–Trinajstić information content (AvgIpc) is 3.09. The van der Waals surface area contributed by atoms with Gasteiger partial charge in [0.1, 0.15) is 16.6 Å². The molecule has 0 aliphatic heterocycles. The van der Waals surface area contributed by atoms with Crippen LogP contribution in [0.4, 0.5) is 8.78 Å². The molecular weight excluding hydrogens is 446 g/mol. The van der Waals surface area contributed by atoms with Crippen LogP contribution in [0.1, 0.15) is 63.7 Å². The van der Waals surface area contributed by atoms with E-state index >= 15 is 0 Å². The van der Waals surface area contributed by atoms with Crippen LogP contribution in [-0.4, -0.2) is 13.9 Å². The Kier molecular flexibility index (Phi) is 7.32. The second kappa shape index (κ2) is 9.49. The second-order valence-electron chi connectivity index (χ2n) is 9.91. The summed E-state index contributed by atoms with van der Waals surface area (Å²) in [6.45, 7) is 11.9. The zero-order valence-corrected chi connectivity index (χ0v) is 21.0. The maximum absolute atomic E-state index is 14.6. The molecule has 3 nitrogen and oxygen atoms in total. The minimum Gasteiger partial charge on any atom is -0.242 e. The molecule has 2 atom stereocenters. The summed E-state index contributed by atoms with van der Waals surface area (Å²) >= 11 is 1.35. The van der Waals surface area contributed by atoms with Gasteiger partial charge in [0.15, 0.2) is 0 Å². The number of hydrogen-bond acceptors (Lipinski definition) is 3. The van der Waals surface area contributed by atoms with E-state index in [4.69, 9.17) is 4.98 Å². The number of aromatic nitrogens is 1. The molecule has 172 valence electrons. The van der Waals surface area contributed by atoms with Crippen LogP contribution < -0.4 is 4.72 Å². The van der Waals surface area contributed by atoms with Crippen molar-refractivity contribution in [3.63, 3.8) is 0 Å². The molecule has 0 aliphatic carbocycles. The number of benzene rings is 2. The number of halogens is 2. The Morgan fingerprint density at radius 1 is 1.03 bits per heavy atom. The smallest absolute Gasteiger partial charge is 0.133 e. The van der Waals surface area contributed by atoms with Gasteiger partial charge in [0.2, 0.25) is 0 Å². The van der Waals surface area contributed by atoms with Crippen LogP contribution in [0.5, 0.6) is 0 Å². The van der Waals surface area contributed by atoms with Crippen LogP contribution in [0.2, 0.25) is 0 Å². The molecule has 32 heavy (non-hydrogen) atoms. The van der Waals surface area contributed by atoms with Gasteiger partial charge in [0.05, 0.1) is 27.5 Å². The van der Waals surface area contributed by atoms with Crippen molar-refractivity contribution in [3.8, 4) is 10.6 Å². The van der Waals surface area contributed by atoms with Gasteiger partial charge >= 0.3 is 0 Å². The SMILES string of the molecule is CC(C)(C)[C@@H](NS(=O)C(C)(C)C)c1nc(-c2cc(F)ccc2F)sc1Cc1ccccc1. The third-order valence-corrected chi connectivity index (χ3v) is 7.68. The molecule has 1 aromatic heterocycles. The van der Waals surface area contributed by atoms with Gasteiger partial charge in [-0.1, -0.05) is 51.1 Å². The third-order valence-electron chi connectivity index (χ3n) is 5.01. The summed E-state index contributed by atoms with van der Waals surface area (Å²) in [4.78, 5) is 5.73. The first kappa shape index (κ1) is 24.7. The largest absolute Gasteiger partial charge is 0.242 e. The molecular formula is C25H30F2N2OS2. The molecule has 1 unspecified atom stereocenters. The maximum Gasteiger partial charge on any atom is 0.133 e. The van der Waals surface area contributed by atoms with Crippen molar-refractivity contribution in [3.05, 3.63) is 76.3 Å². The highest BCUT2D eigenvalue weighted by Gasteiger charge is 2.35. The standard InChI is InChI=1S/C25H30F2N2OS2/c1-24(2,3)22(29-32(30)25(4,5)6)21-20(14-16-10-8-7-9-11-16)31-23(28-21)18-15-17(26)12-13-19(18)27/h7-13,15,22,29H,14H2,1-6H3/t22-,32?/m0/s1. The van der Waals surface area contributed by atoms with Gasteiger partial charge in [-0.25, -0.2) is 22.7 Å². The van der Waals surface area contributed by atoms with Gasteiger partial charge in [-0.05, 0) is 49.9 Å². The van der Waals surface area contributed by atoms with E-state index in [1.807, 2.05) is 51.1 Å². The van der Waals surface area contributed by atoms with Crippen LogP contribution >= 0.6 is 11.3 Å². The monoisotopic (exact) mass is 476 g/mol. The Labute approximate surface area is 195 Å². The summed E-state index contributed by atoms with van der Waals surface area (Å²) in [7, 11) is -1.33. The highest BCUT2D eigenvalue weighted by atomic mass is 32.2. The number of thiazole rings is 1. The molecule has 3 rings (SSSR count). The van der Waals surface area contributed by atoms with Gasteiger partial charge in [0.25, 0.3) is 0 Å². The van der Waals surface area contributed by atoms with Gasteiger partial charge < -0.3 is 0 Å². The van der Waals surface area contributed by atoms with E-state index in [1.165, 1.54) is 17.4 Å². The molecule has 2 aromatic carbocycles. The fourth-order valence-electron chi connectivity index (χ4n) is 3.20. The molecule has 0 fully saturated rings. The molecule has 1 N–H and O–H groups in total. The highest BCUT2D eigenvalue weighted by molar-refractivity contribution is 7.84. The molecule has 1 heterocycles. The molecule has 0 aliphatic rings. The number of hydrogen-bond donors (Lipinski definition) is 1. The van der Waals surface area contributed by atoms with E-state index in [1.54, 1.807) is 0 Å². The van der Waals surface area contributed by atoms with Crippen molar-refractivity contribution in [1.29, 1.82) is 0 Å². The average molecular weight is 477 g/mol. The summed E-state index contributed by atoms with van der Waals surface area (Å²) in [6, 6.07) is 13.0. The van der Waals surface area contributed by atoms with E-state index in [0.29, 0.717) is 11.4 Å². The highest BCUT2D eigenvalue weighted by Crippen LogP contribution is 2.40. The molecule has 3 aromatic rings. The van der Waals surface area contributed by atoms with Crippen LogP contribution in [0, 0.1) is 17.0 Å². The van der Waals surface area contributed by atoms with Crippen LogP contribution in [0.3, 0.4) is 0 Å². The van der Waals surface area contributed by atoms with Crippen molar-refractivity contribution in [2.45, 2.75) is 58.8 Å². The van der Waals surface area contributed by atoms with E-state index in [2.05, 4.69) is 25.5 Å². The number of rotatable bonds is 6. The molecule has 0 bridgehead atoms. The Morgan fingerprint density at radius 2 is 1.69 bits per heavy atom. The Balaban J connectivity index is 2.15. The minimum absolute atomic E-state index is 0.139. The van der Waals surface area contributed by atoms with Crippen molar-refractivity contribution >= 4 is 22.3 Å². The molecule has 0 amide bonds. The predicted octanol–water partition coefficient (Wildman–Crippen LogP) is 6.82. The van der Waals surface area contributed by atoms with Crippen molar-refractivity contribution < 1.29 is 13.0 Å². The van der Waals surface area contributed by atoms with Crippen LogP contribution in [0.15, 0.2) is 48.5 Å². The summed E-state index contributed by atoms with van der Waals surface area (Å²) in [5, 5.41) is 0.417. The summed E-state index contributed by atoms with van der Waals surface area (Å²) in [5.41, 5.74) is 1.63. The summed E-state index contributed by atoms with van der Waals surface area (Å²) < 4.78 is 44.3. The van der Waals surface area contributed by atoms with Crippen molar-refractivity contribution in [2.75, 3.05) is 0 Å². The van der Waals surface area contributed by atoms with Gasteiger partial charge in [-0.15, -0.1) is 11.3 Å². The second-order valence-corrected chi connectivity index (χ2v) is 13.0. The fraction of sp³-hybridized carbons (Fsp3) is 0.400. The Hall–Kier alpha value is -1.96. The van der Waals surface area contributed by atoms with E-state index in [9.17, 15) is 13.0 Å². The lowest BCUT2D eigenvalue weighted by molar-refractivity contribution is 0.301. The maximum atomic E-state index is 14.6. The lowest BCUT2D eigenvalue weighted by Gasteiger charge is -2.33. The van der Waals surface area contributed by atoms with Crippen LogP contribution in [0.25, 0.3) is 10.6 Å². The van der Waals surface area contributed by atoms with Crippen LogP contribution in [-0.2, 0) is 17.4 Å². The van der Waals surface area contributed by atoms with E-state index < -0.39 is 27.4 Å². The predicted molar refractivity (Wildman–Crippen MR) is 130 cm³/mol. The molecule has 0 saturated carbocycles. The third kappa shape index (κ3) is 5.88. The normalized spacial score (nSPS) is 14.4. The van der Waals surface area contributed by atoms with E-state index in [-0.39, 0.29) is 17.0 Å². The van der Waals surface area contributed by atoms with E-state index in [0.717, 1.165) is 28.3 Å². The lowest BCUT2D eigenvalue weighted by atomic mass is 9.84. The first-order valence-electron chi connectivity index (χ1n) is 10.5. The zero-order chi connectivity index (χ0) is 23.7. The number of nitrogens with one attached hydrogen (secondary N) is 1. The van der Waals surface area contributed by atoms with Gasteiger partial charge in [-0.3, -0.25) is 0 Å². The lowest BCUT2D eigenvalue weighted by Crippen LogP contribution is -2.41. The van der Waals surface area contributed by atoms with Gasteiger partial charge in [0, 0.05) is 16.9 Å². The summed E-state index contributed by atoms with van der Waals surface area (Å²) in [6.07, 6.45) is 0.598.